The smallest absolute Gasteiger partial charge is 0.344 e. The molecule has 0 aliphatic carbocycles. The van der Waals surface area contributed by atoms with Crippen LogP contribution in [0.4, 0.5) is 13.2 Å². The van der Waals surface area contributed by atoms with E-state index in [-0.39, 0.29) is 29.6 Å². The van der Waals surface area contributed by atoms with Crippen molar-refractivity contribution in [1.29, 1.82) is 0 Å². The largest absolute Gasteiger partial charge is 0.433 e. The van der Waals surface area contributed by atoms with Crippen molar-refractivity contribution < 1.29 is 27.3 Å². The van der Waals surface area contributed by atoms with Gasteiger partial charge in [-0.25, -0.2) is 0 Å². The molecule has 8 nitrogen and oxygen atoms in total. The van der Waals surface area contributed by atoms with Gasteiger partial charge in [0.15, 0.2) is 0 Å². The van der Waals surface area contributed by atoms with Gasteiger partial charge in [-0.1, -0.05) is 5.16 Å². The van der Waals surface area contributed by atoms with Crippen LogP contribution >= 0.6 is 0 Å². The zero-order valence-corrected chi connectivity index (χ0v) is 13.5. The van der Waals surface area contributed by atoms with Crippen LogP contribution < -0.4 is 10.6 Å². The Morgan fingerprint density at radius 3 is 2.88 bits per heavy atom. The molecule has 0 bridgehead atoms. The summed E-state index contributed by atoms with van der Waals surface area (Å²) in [7, 11) is 0. The third-order valence-electron chi connectivity index (χ3n) is 3.79. The van der Waals surface area contributed by atoms with Crippen LogP contribution in [0.5, 0.6) is 0 Å². The van der Waals surface area contributed by atoms with Gasteiger partial charge in [0.2, 0.25) is 23.5 Å². The van der Waals surface area contributed by atoms with Crippen molar-refractivity contribution in [3.05, 3.63) is 29.9 Å². The standard InChI is InChI=1S/C15H14F3N5O3/c1-7(20-13(25)9-2-3-11(24)21-9)14-22-12(23-26-14)8-4-5-19-10(6-8)15(16,17)18/h4-7,9H,2-3H2,1H3,(H,20,25)(H,21,24)/t7-,9?/m0/s1. The lowest BCUT2D eigenvalue weighted by Gasteiger charge is -2.13. The lowest BCUT2D eigenvalue weighted by Crippen LogP contribution is -2.42. The summed E-state index contributed by atoms with van der Waals surface area (Å²) in [6.07, 6.45) is -2.91. The fraction of sp³-hybridized carbons (Fsp3) is 0.400. The molecule has 1 fully saturated rings. The van der Waals surface area contributed by atoms with Gasteiger partial charge in [0.05, 0.1) is 0 Å². The van der Waals surface area contributed by atoms with Gasteiger partial charge in [0, 0.05) is 18.2 Å². The molecule has 0 saturated carbocycles. The normalized spacial score (nSPS) is 18.5. The summed E-state index contributed by atoms with van der Waals surface area (Å²) in [5.41, 5.74) is -0.983. The zero-order valence-electron chi connectivity index (χ0n) is 13.5. The maximum atomic E-state index is 12.7. The number of hydrogen-bond donors (Lipinski definition) is 2. The van der Waals surface area contributed by atoms with Gasteiger partial charge in [-0.2, -0.15) is 18.2 Å². The molecule has 3 rings (SSSR count). The minimum Gasteiger partial charge on any atom is -0.344 e. The van der Waals surface area contributed by atoms with Crippen molar-refractivity contribution in [1.82, 2.24) is 25.8 Å². The predicted octanol–water partition coefficient (Wildman–Crippen LogP) is 1.61. The number of carbonyl (C=O) groups excluding carboxylic acids is 2. The number of nitrogens with zero attached hydrogens (tertiary/aromatic N) is 3. The molecule has 0 spiro atoms. The maximum Gasteiger partial charge on any atom is 0.433 e. The van der Waals surface area contributed by atoms with E-state index < -0.39 is 29.9 Å². The highest BCUT2D eigenvalue weighted by atomic mass is 19.4. The third-order valence-corrected chi connectivity index (χ3v) is 3.79. The molecular weight excluding hydrogens is 355 g/mol. The predicted molar refractivity (Wildman–Crippen MR) is 80.3 cm³/mol. The van der Waals surface area contributed by atoms with Crippen LogP contribution in [0.2, 0.25) is 0 Å². The van der Waals surface area contributed by atoms with E-state index in [9.17, 15) is 22.8 Å². The summed E-state index contributed by atoms with van der Waals surface area (Å²) < 4.78 is 43.2. The summed E-state index contributed by atoms with van der Waals surface area (Å²) >= 11 is 0. The molecular formula is C15H14F3N5O3. The molecule has 2 N–H and O–H groups in total. The molecule has 1 aliphatic heterocycles. The first kappa shape index (κ1) is 17.8. The minimum absolute atomic E-state index is 0.0306. The summed E-state index contributed by atoms with van der Waals surface area (Å²) in [5, 5.41) is 8.79. The summed E-state index contributed by atoms with van der Waals surface area (Å²) in [5.74, 6) is -0.617. The number of pyridine rings is 1. The zero-order chi connectivity index (χ0) is 18.9. The van der Waals surface area contributed by atoms with Crippen LogP contribution in [0, 0.1) is 0 Å². The molecule has 26 heavy (non-hydrogen) atoms. The highest BCUT2D eigenvalue weighted by molar-refractivity contribution is 5.90. The molecule has 2 aromatic heterocycles. The van der Waals surface area contributed by atoms with Gasteiger partial charge in [-0.15, -0.1) is 0 Å². The molecule has 1 unspecified atom stereocenters. The Balaban J connectivity index is 1.71. The molecule has 2 aromatic rings. The van der Waals surface area contributed by atoms with Gasteiger partial charge >= 0.3 is 6.18 Å². The van der Waals surface area contributed by atoms with Crippen LogP contribution in [0.3, 0.4) is 0 Å². The number of nitrogens with one attached hydrogen (secondary N) is 2. The molecule has 1 saturated heterocycles. The molecule has 2 atom stereocenters. The molecule has 11 heteroatoms. The molecule has 0 radical (unpaired) electrons. The first-order valence-electron chi connectivity index (χ1n) is 7.71. The van der Waals surface area contributed by atoms with E-state index in [1.54, 1.807) is 6.92 Å². The average Bonchev–Trinajstić information content (AvgIpc) is 3.23. The Bertz CT molecular complexity index is 836. The van der Waals surface area contributed by atoms with Crippen molar-refractivity contribution in [3.63, 3.8) is 0 Å². The van der Waals surface area contributed by atoms with Crippen molar-refractivity contribution in [2.24, 2.45) is 0 Å². The number of alkyl halides is 3. The van der Waals surface area contributed by atoms with E-state index in [0.717, 1.165) is 12.3 Å². The second-order valence-corrected chi connectivity index (χ2v) is 5.77. The van der Waals surface area contributed by atoms with E-state index in [1.165, 1.54) is 6.07 Å². The van der Waals surface area contributed by atoms with E-state index in [0.29, 0.717) is 6.42 Å². The van der Waals surface area contributed by atoms with E-state index in [2.05, 4.69) is 25.8 Å². The first-order valence-corrected chi connectivity index (χ1v) is 7.71. The van der Waals surface area contributed by atoms with E-state index in [4.69, 9.17) is 4.52 Å². The van der Waals surface area contributed by atoms with Crippen LogP contribution in [0.15, 0.2) is 22.9 Å². The SMILES string of the molecule is C[C@H](NC(=O)C1CCC(=O)N1)c1nc(-c2ccnc(C(F)(F)F)c2)no1. The molecule has 2 amide bonds. The Morgan fingerprint density at radius 1 is 1.46 bits per heavy atom. The number of amides is 2. The monoisotopic (exact) mass is 369 g/mol. The third kappa shape index (κ3) is 3.81. The Kier molecular flexibility index (Phi) is 4.62. The Hall–Kier alpha value is -2.98. The van der Waals surface area contributed by atoms with Crippen LogP contribution in [-0.4, -0.2) is 33.0 Å². The molecule has 0 aromatic carbocycles. The van der Waals surface area contributed by atoms with E-state index >= 15 is 0 Å². The molecule has 3 heterocycles. The van der Waals surface area contributed by atoms with Gasteiger partial charge in [-0.05, 0) is 25.5 Å². The number of carbonyl (C=O) groups is 2. The molecule has 1 aliphatic rings. The van der Waals surface area contributed by atoms with Crippen molar-refractivity contribution in [2.45, 2.75) is 38.0 Å². The number of hydrogen-bond acceptors (Lipinski definition) is 6. The fourth-order valence-electron chi connectivity index (χ4n) is 2.44. The second-order valence-electron chi connectivity index (χ2n) is 5.77. The Morgan fingerprint density at radius 2 is 2.23 bits per heavy atom. The highest BCUT2D eigenvalue weighted by Crippen LogP contribution is 2.30. The number of aromatic nitrogens is 3. The van der Waals surface area contributed by atoms with Crippen molar-refractivity contribution in [3.8, 4) is 11.4 Å². The quantitative estimate of drug-likeness (QED) is 0.847. The summed E-state index contributed by atoms with van der Waals surface area (Å²) in [6, 6.07) is 0.833. The second kappa shape index (κ2) is 6.73. The number of halogens is 3. The van der Waals surface area contributed by atoms with Gasteiger partial charge in [0.25, 0.3) is 0 Å². The maximum absolute atomic E-state index is 12.7. The minimum atomic E-state index is -4.59. The van der Waals surface area contributed by atoms with Crippen LogP contribution in [0.1, 0.15) is 37.4 Å². The van der Waals surface area contributed by atoms with Crippen molar-refractivity contribution in [2.75, 3.05) is 0 Å². The van der Waals surface area contributed by atoms with Crippen LogP contribution in [-0.2, 0) is 15.8 Å². The molecule has 138 valence electrons. The highest BCUT2D eigenvalue weighted by Gasteiger charge is 2.33. The van der Waals surface area contributed by atoms with E-state index in [1.807, 2.05) is 0 Å². The van der Waals surface area contributed by atoms with Crippen LogP contribution in [0.25, 0.3) is 11.4 Å². The summed E-state index contributed by atoms with van der Waals surface area (Å²) in [6.45, 7) is 1.58. The van der Waals surface area contributed by atoms with Crippen molar-refractivity contribution >= 4 is 11.8 Å². The van der Waals surface area contributed by atoms with Gasteiger partial charge in [-0.3, -0.25) is 14.6 Å². The fourth-order valence-corrected chi connectivity index (χ4v) is 2.44. The van der Waals surface area contributed by atoms with Gasteiger partial charge < -0.3 is 15.2 Å². The average molecular weight is 369 g/mol. The lowest BCUT2D eigenvalue weighted by atomic mass is 10.2. The number of rotatable bonds is 4. The first-order chi connectivity index (χ1) is 12.2. The Labute approximate surface area is 145 Å². The summed E-state index contributed by atoms with van der Waals surface area (Å²) in [4.78, 5) is 30.5. The lowest BCUT2D eigenvalue weighted by molar-refractivity contribution is -0.141. The van der Waals surface area contributed by atoms with Gasteiger partial charge in [0.1, 0.15) is 17.8 Å². The topological polar surface area (TPSA) is 110 Å².